The van der Waals surface area contributed by atoms with E-state index < -0.39 is 37.9 Å². The van der Waals surface area contributed by atoms with E-state index in [1.807, 2.05) is 0 Å². The van der Waals surface area contributed by atoms with Gasteiger partial charge >= 0.3 is 18.0 Å². The Morgan fingerprint density at radius 2 is 1.28 bits per heavy atom. The van der Waals surface area contributed by atoms with Gasteiger partial charge in [0.25, 0.3) is 0 Å². The van der Waals surface area contributed by atoms with Gasteiger partial charge in [0, 0.05) is 6.42 Å². The summed E-state index contributed by atoms with van der Waals surface area (Å²) < 4.78 is 86.7. The van der Waals surface area contributed by atoms with Crippen LogP contribution in [0.4, 0.5) is 30.7 Å². The average Bonchev–Trinajstić information content (AvgIpc) is 2.24. The molecule has 0 N–H and O–H groups in total. The fraction of sp³-hybridized carbons (Fsp3) is 1.00. The molecule has 0 aliphatic carbocycles. The third-order valence-electron chi connectivity index (χ3n) is 2.97. The highest BCUT2D eigenvalue weighted by Crippen LogP contribution is 2.49. The minimum absolute atomic E-state index is 0.346. The zero-order valence-corrected chi connectivity index (χ0v) is 11.6. The molecular formula is C9H14ClF7Si. The second-order valence-electron chi connectivity index (χ2n) is 4.13. The van der Waals surface area contributed by atoms with Crippen LogP contribution in [-0.4, -0.2) is 25.4 Å². The molecular weight excluding hydrogens is 305 g/mol. The molecule has 0 heterocycles. The van der Waals surface area contributed by atoms with E-state index in [2.05, 4.69) is 0 Å². The molecule has 0 aliphatic rings. The van der Waals surface area contributed by atoms with Crippen LogP contribution in [0.1, 0.15) is 20.3 Å². The van der Waals surface area contributed by atoms with Crippen molar-refractivity contribution in [2.75, 3.05) is 0 Å². The average molecular weight is 319 g/mol. The van der Waals surface area contributed by atoms with Crippen LogP contribution in [-0.2, 0) is 0 Å². The number of alkyl halides is 7. The summed E-state index contributed by atoms with van der Waals surface area (Å²) in [6.45, 7) is 3.23. The summed E-state index contributed by atoms with van der Waals surface area (Å²) in [6.07, 6.45) is -7.80. The van der Waals surface area contributed by atoms with E-state index in [9.17, 15) is 30.7 Å². The molecule has 0 spiro atoms. The van der Waals surface area contributed by atoms with Crippen LogP contribution < -0.4 is 0 Å². The van der Waals surface area contributed by atoms with Crippen molar-refractivity contribution < 1.29 is 30.7 Å². The minimum Gasteiger partial charge on any atom is -0.200 e. The van der Waals surface area contributed by atoms with E-state index in [-0.39, 0.29) is 0 Å². The lowest BCUT2D eigenvalue weighted by molar-refractivity contribution is -0.354. The highest BCUT2D eigenvalue weighted by molar-refractivity contribution is 7.20. The molecule has 0 aromatic heterocycles. The topological polar surface area (TPSA) is 0 Å². The summed E-state index contributed by atoms with van der Waals surface area (Å²) >= 11 is 5.96. The van der Waals surface area contributed by atoms with Gasteiger partial charge in [-0.05, 0) is 18.1 Å². The normalized spacial score (nSPS) is 15.0. The molecule has 0 fully saturated rings. The van der Waals surface area contributed by atoms with E-state index in [1.54, 1.807) is 13.8 Å². The van der Waals surface area contributed by atoms with Gasteiger partial charge in [0.15, 0.2) is 7.38 Å². The van der Waals surface area contributed by atoms with Crippen molar-refractivity contribution in [1.29, 1.82) is 0 Å². The van der Waals surface area contributed by atoms with Crippen molar-refractivity contribution in [3.05, 3.63) is 0 Å². The van der Waals surface area contributed by atoms with E-state index in [1.165, 1.54) is 0 Å². The number of halogens is 8. The summed E-state index contributed by atoms with van der Waals surface area (Å²) in [4.78, 5) is 0. The molecule has 0 nitrogen and oxygen atoms in total. The highest BCUT2D eigenvalue weighted by atomic mass is 35.6. The maximum absolute atomic E-state index is 13.0. The second kappa shape index (κ2) is 5.56. The summed E-state index contributed by atoms with van der Waals surface area (Å²) in [5.41, 5.74) is 0. The van der Waals surface area contributed by atoms with E-state index in [0.717, 1.165) is 0 Å². The van der Waals surface area contributed by atoms with Crippen LogP contribution >= 0.6 is 11.1 Å². The molecule has 0 saturated carbocycles. The quantitative estimate of drug-likeness (QED) is 0.348. The van der Waals surface area contributed by atoms with Gasteiger partial charge in [-0.1, -0.05) is 13.8 Å². The van der Waals surface area contributed by atoms with Crippen molar-refractivity contribution in [2.45, 2.75) is 56.4 Å². The number of hydrogen-bond acceptors (Lipinski definition) is 0. The largest absolute Gasteiger partial charge is 0.459 e. The van der Waals surface area contributed by atoms with Crippen LogP contribution in [0.3, 0.4) is 0 Å². The van der Waals surface area contributed by atoms with Gasteiger partial charge in [-0.25, -0.2) is 0 Å². The van der Waals surface area contributed by atoms with Crippen LogP contribution in [0.15, 0.2) is 0 Å². The zero-order chi connectivity index (χ0) is 14.8. The monoisotopic (exact) mass is 318 g/mol. The lowest BCUT2D eigenvalue weighted by Gasteiger charge is -2.30. The smallest absolute Gasteiger partial charge is 0.200 e. The molecule has 0 rings (SSSR count). The zero-order valence-electron chi connectivity index (χ0n) is 9.85. The third-order valence-corrected chi connectivity index (χ3v) is 8.82. The highest BCUT2D eigenvalue weighted by Gasteiger charge is 2.72. The van der Waals surface area contributed by atoms with Crippen molar-refractivity contribution in [1.82, 2.24) is 0 Å². The van der Waals surface area contributed by atoms with Gasteiger partial charge in [0.05, 0.1) is 0 Å². The molecule has 0 atom stereocenters. The molecule has 9 heteroatoms. The molecule has 0 amide bonds. The molecule has 0 aliphatic heterocycles. The maximum Gasteiger partial charge on any atom is 0.459 e. The molecule has 0 aromatic rings. The Hall–Kier alpha value is 0.0169. The summed E-state index contributed by atoms with van der Waals surface area (Å²) in [5, 5.41) is 0. The lowest BCUT2D eigenvalue weighted by Crippen LogP contribution is -2.52. The SMILES string of the molecule is CC[Si](Cl)(CC)CCC(F)(F)C(F)(F)C(F)(F)F. The van der Waals surface area contributed by atoms with Gasteiger partial charge in [-0.15, -0.1) is 0 Å². The Bertz CT molecular complexity index is 273. The lowest BCUT2D eigenvalue weighted by atomic mass is 10.1. The van der Waals surface area contributed by atoms with Gasteiger partial charge in [0.2, 0.25) is 0 Å². The fourth-order valence-electron chi connectivity index (χ4n) is 1.35. The van der Waals surface area contributed by atoms with Gasteiger partial charge in [-0.2, -0.15) is 41.8 Å². The Morgan fingerprint density at radius 3 is 1.56 bits per heavy atom. The van der Waals surface area contributed by atoms with E-state index in [4.69, 9.17) is 11.1 Å². The Balaban J connectivity index is 4.87. The number of rotatable bonds is 6. The summed E-state index contributed by atoms with van der Waals surface area (Å²) in [7, 11) is -2.65. The predicted octanol–water partition coefficient (Wildman–Crippen LogP) is 5.43. The Labute approximate surface area is 106 Å². The fourth-order valence-corrected chi connectivity index (χ4v) is 3.60. The van der Waals surface area contributed by atoms with Crippen molar-refractivity contribution >= 4 is 18.5 Å². The van der Waals surface area contributed by atoms with Gasteiger partial charge in [0.1, 0.15) is 0 Å². The molecule has 0 saturated heterocycles. The van der Waals surface area contributed by atoms with E-state index in [0.29, 0.717) is 12.1 Å². The molecule has 18 heavy (non-hydrogen) atoms. The van der Waals surface area contributed by atoms with Crippen LogP contribution in [0, 0.1) is 0 Å². The minimum atomic E-state index is -6.26. The third kappa shape index (κ3) is 3.75. The second-order valence-corrected chi connectivity index (χ2v) is 10.8. The predicted molar refractivity (Wildman–Crippen MR) is 57.9 cm³/mol. The molecule has 0 bridgehead atoms. The first-order chi connectivity index (χ1) is 7.83. The molecule has 0 radical (unpaired) electrons. The number of hydrogen-bond donors (Lipinski definition) is 0. The van der Waals surface area contributed by atoms with Crippen LogP contribution in [0.25, 0.3) is 0 Å². The first-order valence-corrected chi connectivity index (χ1v) is 8.97. The Morgan fingerprint density at radius 1 is 0.889 bits per heavy atom. The van der Waals surface area contributed by atoms with E-state index >= 15 is 0 Å². The first kappa shape index (κ1) is 18.0. The van der Waals surface area contributed by atoms with Crippen molar-refractivity contribution in [3.63, 3.8) is 0 Å². The summed E-state index contributed by atoms with van der Waals surface area (Å²) in [5.74, 6) is -11.1. The standard InChI is InChI=1S/C9H14ClF7Si/c1-3-18(10,4-2)6-5-7(11,12)8(13,14)9(15,16)17/h3-6H2,1-2H3. The molecule has 0 unspecified atom stereocenters. The molecule has 0 aromatic carbocycles. The maximum atomic E-state index is 13.0. The first-order valence-electron chi connectivity index (χ1n) is 5.34. The van der Waals surface area contributed by atoms with Gasteiger partial charge < -0.3 is 0 Å². The van der Waals surface area contributed by atoms with Crippen molar-refractivity contribution in [3.8, 4) is 0 Å². The van der Waals surface area contributed by atoms with Crippen LogP contribution in [0.5, 0.6) is 0 Å². The molecule has 110 valence electrons. The summed E-state index contributed by atoms with van der Waals surface area (Å²) in [6, 6.07) is 0.220. The Kier molecular flexibility index (Phi) is 5.57. The van der Waals surface area contributed by atoms with Crippen LogP contribution in [0.2, 0.25) is 18.1 Å². The van der Waals surface area contributed by atoms with Gasteiger partial charge in [-0.3, -0.25) is 0 Å². The van der Waals surface area contributed by atoms with Crippen molar-refractivity contribution in [2.24, 2.45) is 0 Å².